The lowest BCUT2D eigenvalue weighted by molar-refractivity contribution is -0.401. The summed E-state index contributed by atoms with van der Waals surface area (Å²) in [6.07, 6.45) is 2.83. The first-order chi connectivity index (χ1) is 29.8. The monoisotopic (exact) mass is 929 g/mol. The topological polar surface area (TPSA) is 131 Å². The van der Waals surface area contributed by atoms with E-state index in [9.17, 15) is 15.0 Å². The Morgan fingerprint density at radius 3 is 2.08 bits per heavy atom. The first kappa shape index (κ1) is 52.9. The van der Waals surface area contributed by atoms with E-state index < -0.39 is 58.0 Å². The van der Waals surface area contributed by atoms with Crippen molar-refractivity contribution in [2.24, 2.45) is 5.92 Å². The van der Waals surface area contributed by atoms with Crippen LogP contribution in [-0.2, 0) is 50.5 Å². The van der Waals surface area contributed by atoms with E-state index in [1.165, 1.54) is 0 Å². The molecule has 0 bridgehead atoms. The van der Waals surface area contributed by atoms with Gasteiger partial charge < -0.3 is 47.5 Å². The molecule has 362 valence electrons. The van der Waals surface area contributed by atoms with Crippen molar-refractivity contribution in [1.82, 2.24) is 0 Å². The SMILES string of the molecule is COc1ccc(COCC[C@H]2CC[C@](C)(O)[C@@]3(CCC4(CCC[C@@H](CC(=O)C[C@H](C)[C@H](O)[C@H](O[Si](C)(C)C(C)(C)C)[C@@H](COCc5ccccc5)O[Si](C)(C)C(C)(C)C)O4)O3)O2)cc1. The number of aliphatic hydroxyl groups excluding tert-OH is 1. The van der Waals surface area contributed by atoms with E-state index in [4.69, 9.17) is 37.3 Å². The molecule has 0 radical (unpaired) electrons. The molecule has 2 aromatic rings. The molecule has 2 N–H and O–H groups in total. The maximum atomic E-state index is 14.0. The van der Waals surface area contributed by atoms with Gasteiger partial charge in [0.15, 0.2) is 22.4 Å². The van der Waals surface area contributed by atoms with Crippen LogP contribution in [0.3, 0.4) is 0 Å². The number of rotatable bonds is 21. The van der Waals surface area contributed by atoms with Gasteiger partial charge in [0.25, 0.3) is 0 Å². The number of carbonyl (C=O) groups excluding carboxylic acids is 1. The number of aliphatic hydroxyl groups is 2. The average molecular weight is 929 g/mol. The predicted molar refractivity (Wildman–Crippen MR) is 256 cm³/mol. The van der Waals surface area contributed by atoms with Crippen LogP contribution in [0.25, 0.3) is 0 Å². The van der Waals surface area contributed by atoms with E-state index in [-0.39, 0.29) is 47.5 Å². The van der Waals surface area contributed by atoms with Gasteiger partial charge in [-0.3, -0.25) is 4.79 Å². The quantitative estimate of drug-likeness (QED) is 0.0916. The van der Waals surface area contributed by atoms with Gasteiger partial charge in [-0.25, -0.2) is 0 Å². The molecule has 5 rings (SSSR count). The van der Waals surface area contributed by atoms with Gasteiger partial charge in [-0.2, -0.15) is 0 Å². The van der Waals surface area contributed by atoms with Crippen molar-refractivity contribution < 1.29 is 52.3 Å². The van der Waals surface area contributed by atoms with Crippen LogP contribution in [-0.4, -0.2) is 101 Å². The van der Waals surface area contributed by atoms with E-state index in [1.807, 2.05) is 61.5 Å². The van der Waals surface area contributed by atoms with Crippen LogP contribution in [0.4, 0.5) is 0 Å². The number of hydrogen-bond donors (Lipinski definition) is 2. The van der Waals surface area contributed by atoms with Crippen molar-refractivity contribution in [3.63, 3.8) is 0 Å². The Bertz CT molecular complexity index is 1760. The summed E-state index contributed by atoms with van der Waals surface area (Å²) in [5.41, 5.74) is 0.929. The molecule has 1 unspecified atom stereocenters. The summed E-state index contributed by atoms with van der Waals surface area (Å²) in [6, 6.07) is 17.9. The van der Waals surface area contributed by atoms with Crippen LogP contribution >= 0.6 is 0 Å². The zero-order valence-electron chi connectivity index (χ0n) is 41.6. The zero-order chi connectivity index (χ0) is 47.2. The first-order valence-electron chi connectivity index (χ1n) is 24.0. The average Bonchev–Trinajstić information content (AvgIpc) is 3.56. The molecule has 0 aliphatic carbocycles. The largest absolute Gasteiger partial charge is 0.497 e. The summed E-state index contributed by atoms with van der Waals surface area (Å²) in [7, 11) is -3.17. The molecule has 3 fully saturated rings. The van der Waals surface area contributed by atoms with Gasteiger partial charge in [-0.05, 0) is 104 Å². The molecule has 3 saturated heterocycles. The van der Waals surface area contributed by atoms with Crippen molar-refractivity contribution in [2.75, 3.05) is 20.3 Å². The highest BCUT2D eigenvalue weighted by Gasteiger charge is 2.63. The van der Waals surface area contributed by atoms with Gasteiger partial charge in [0.05, 0.1) is 57.5 Å². The Hall–Kier alpha value is -2.02. The number of carbonyl (C=O) groups is 1. The lowest BCUT2D eigenvalue weighted by Crippen LogP contribution is -2.60. The van der Waals surface area contributed by atoms with Crippen LogP contribution < -0.4 is 4.74 Å². The Morgan fingerprint density at radius 2 is 1.44 bits per heavy atom. The molecule has 0 amide bonds. The maximum absolute atomic E-state index is 14.0. The minimum atomic E-state index is -2.45. The fourth-order valence-electron chi connectivity index (χ4n) is 8.70. The van der Waals surface area contributed by atoms with Crippen LogP contribution in [0.2, 0.25) is 36.3 Å². The van der Waals surface area contributed by atoms with Crippen molar-refractivity contribution in [3.8, 4) is 5.75 Å². The zero-order valence-corrected chi connectivity index (χ0v) is 43.6. The second-order valence-electron chi connectivity index (χ2n) is 22.3. The summed E-state index contributed by atoms with van der Waals surface area (Å²) in [5, 5.41) is 23.9. The van der Waals surface area contributed by atoms with E-state index in [0.29, 0.717) is 58.3 Å². The van der Waals surface area contributed by atoms with E-state index in [0.717, 1.165) is 29.7 Å². The fourth-order valence-corrected chi connectivity index (χ4v) is 11.3. The number of ether oxygens (including phenoxy) is 6. The van der Waals surface area contributed by atoms with E-state index >= 15 is 0 Å². The van der Waals surface area contributed by atoms with Crippen molar-refractivity contribution >= 4 is 22.4 Å². The first-order valence-corrected chi connectivity index (χ1v) is 29.8. The molecule has 3 aliphatic rings. The smallest absolute Gasteiger partial charge is 0.200 e. The number of benzene rings is 2. The lowest BCUT2D eigenvalue weighted by Gasteiger charge is -2.50. The van der Waals surface area contributed by atoms with Crippen molar-refractivity contribution in [2.45, 2.75) is 217 Å². The van der Waals surface area contributed by atoms with Gasteiger partial charge in [-0.1, -0.05) is 90.9 Å². The third-order valence-electron chi connectivity index (χ3n) is 15.0. The van der Waals surface area contributed by atoms with Gasteiger partial charge >= 0.3 is 0 Å². The number of ketones is 1. The molecule has 0 saturated carbocycles. The maximum Gasteiger partial charge on any atom is 0.200 e. The Morgan fingerprint density at radius 1 is 0.812 bits per heavy atom. The highest BCUT2D eigenvalue weighted by molar-refractivity contribution is 6.74. The van der Waals surface area contributed by atoms with E-state index in [1.54, 1.807) is 14.0 Å². The highest BCUT2D eigenvalue weighted by atomic mass is 28.4. The Balaban J connectivity index is 1.23. The van der Waals surface area contributed by atoms with Crippen LogP contribution in [0, 0.1) is 5.92 Å². The van der Waals surface area contributed by atoms with Crippen LogP contribution in [0.15, 0.2) is 54.6 Å². The number of methoxy groups -OCH3 is 1. The normalized spacial score (nSPS) is 27.7. The summed E-state index contributed by atoms with van der Waals surface area (Å²) in [6.45, 7) is 27.4. The fraction of sp³-hybridized carbons (Fsp3) is 0.745. The third kappa shape index (κ3) is 13.6. The highest BCUT2D eigenvalue weighted by Crippen LogP contribution is 2.54. The molecule has 11 nitrogen and oxygen atoms in total. The third-order valence-corrected chi connectivity index (χ3v) is 23.9. The second-order valence-corrected chi connectivity index (χ2v) is 31.8. The van der Waals surface area contributed by atoms with Gasteiger partial charge in [0.2, 0.25) is 5.79 Å². The Labute approximate surface area is 387 Å². The van der Waals surface area contributed by atoms with Gasteiger partial charge in [-0.15, -0.1) is 0 Å². The molecule has 13 heteroatoms. The van der Waals surface area contributed by atoms with Crippen molar-refractivity contribution in [3.05, 3.63) is 65.7 Å². The molecule has 9 atom stereocenters. The lowest BCUT2D eigenvalue weighted by atomic mass is 9.83. The van der Waals surface area contributed by atoms with Crippen molar-refractivity contribution in [1.29, 1.82) is 0 Å². The van der Waals surface area contributed by atoms with Gasteiger partial charge in [0.1, 0.15) is 17.1 Å². The molecule has 3 heterocycles. The number of hydrogen-bond acceptors (Lipinski definition) is 11. The number of Topliss-reactive ketones (excluding diaryl/α,β-unsaturated/α-hetero) is 1. The summed E-state index contributed by atoms with van der Waals surface area (Å²) >= 11 is 0. The standard InChI is InChI=1S/C51H84O11Si2/c1-37(45(53)46(61-64(12,13)48(5,6)7)44(60-63(10,11)47(2,3)4)36-57-35-38-18-15-14-16-19-38)32-40(52)33-43-20-17-27-50(58-43)29-30-51(62-50)49(8,54)28-25-42(59-51)26-31-56-34-39-21-23-41(55-9)24-22-39/h14-16,18-19,21-24,37,42-46,53-54H,17,20,25-36H2,1-13H3/t37-,42+,43-,44+,45-,46+,49-,50?,51-/m0/s1. The summed E-state index contributed by atoms with van der Waals surface area (Å²) in [5.74, 6) is -1.74. The molecular formula is C51H84O11Si2. The van der Waals surface area contributed by atoms with Crippen LogP contribution in [0.1, 0.15) is 131 Å². The molecule has 64 heavy (non-hydrogen) atoms. The molecule has 2 aromatic carbocycles. The second kappa shape index (κ2) is 21.5. The minimum absolute atomic E-state index is 0.0187. The Kier molecular flexibility index (Phi) is 17.8. The molecule has 2 spiro atoms. The molecule has 3 aliphatic heterocycles. The minimum Gasteiger partial charge on any atom is -0.497 e. The molecule has 0 aromatic heterocycles. The van der Waals surface area contributed by atoms with E-state index in [2.05, 4.69) is 67.7 Å². The summed E-state index contributed by atoms with van der Waals surface area (Å²) in [4.78, 5) is 14.0. The summed E-state index contributed by atoms with van der Waals surface area (Å²) < 4.78 is 52.2. The molecular weight excluding hydrogens is 845 g/mol. The van der Waals surface area contributed by atoms with Gasteiger partial charge in [0, 0.05) is 38.7 Å². The van der Waals surface area contributed by atoms with Crippen LogP contribution in [0.5, 0.6) is 5.75 Å². The predicted octanol–water partition coefficient (Wildman–Crippen LogP) is 10.6.